The molecule has 1 saturated heterocycles. The number of carbonyl (C=O) groups excluding carboxylic acids is 1. The molecule has 4 N–H and O–H groups in total. The Balaban J connectivity index is 2.68. The summed E-state index contributed by atoms with van der Waals surface area (Å²) in [6, 6.07) is -1.02. The highest BCUT2D eigenvalue weighted by Crippen LogP contribution is 2.25. The minimum absolute atomic E-state index is 0.0310. The molecule has 104 valence electrons. The third-order valence-corrected chi connectivity index (χ3v) is 3.38. The summed E-state index contributed by atoms with van der Waals surface area (Å²) in [5, 5.41) is 23.5. The molecule has 0 aromatic carbocycles. The number of carboxylic acid groups (broad SMARTS) is 1. The quantitative estimate of drug-likeness (QED) is 0.509. The topological polar surface area (TPSA) is 98.7 Å². The molecular weight excluding hydrogens is 236 g/mol. The molecule has 18 heavy (non-hydrogen) atoms. The lowest BCUT2D eigenvalue weighted by Crippen LogP contribution is -2.57. The van der Waals surface area contributed by atoms with E-state index in [1.54, 1.807) is 0 Å². The van der Waals surface area contributed by atoms with Crippen molar-refractivity contribution in [1.29, 1.82) is 0 Å². The van der Waals surface area contributed by atoms with Crippen LogP contribution in [-0.2, 0) is 9.59 Å². The van der Waals surface area contributed by atoms with Gasteiger partial charge in [-0.15, -0.1) is 0 Å². The molecule has 0 aromatic heterocycles. The largest absolute Gasteiger partial charge is 0.480 e. The standard InChI is InChI=1S/C12H22N2O4/c1-2-5-12(6-3-7-13-12)11(18)14-9(4-8-15)10(16)17/h9,13,15H,2-8H2,1H3,(H,14,18)(H,16,17). The van der Waals surface area contributed by atoms with Crippen LogP contribution in [0.1, 0.15) is 39.0 Å². The fourth-order valence-electron chi connectivity index (χ4n) is 2.44. The molecule has 1 fully saturated rings. The van der Waals surface area contributed by atoms with Gasteiger partial charge in [-0.05, 0) is 25.8 Å². The lowest BCUT2D eigenvalue weighted by Gasteiger charge is -2.29. The van der Waals surface area contributed by atoms with Crippen LogP contribution in [0.4, 0.5) is 0 Å². The van der Waals surface area contributed by atoms with Crippen molar-refractivity contribution in [2.75, 3.05) is 13.2 Å². The molecule has 0 saturated carbocycles. The molecule has 1 rings (SSSR count). The zero-order valence-corrected chi connectivity index (χ0v) is 10.7. The van der Waals surface area contributed by atoms with Crippen molar-refractivity contribution >= 4 is 11.9 Å². The number of nitrogens with one attached hydrogen (secondary N) is 2. The SMILES string of the molecule is CCCC1(C(=O)NC(CCO)C(=O)O)CCCN1. The summed E-state index contributed by atoms with van der Waals surface area (Å²) in [6.45, 7) is 2.52. The summed E-state index contributed by atoms with van der Waals surface area (Å²) in [5.41, 5.74) is -0.627. The molecule has 0 radical (unpaired) electrons. The van der Waals surface area contributed by atoms with E-state index in [2.05, 4.69) is 10.6 Å². The Kier molecular flexibility index (Phi) is 5.55. The molecule has 0 aliphatic carbocycles. The highest BCUT2D eigenvalue weighted by molar-refractivity contribution is 5.90. The molecule has 0 bridgehead atoms. The van der Waals surface area contributed by atoms with E-state index in [4.69, 9.17) is 10.2 Å². The van der Waals surface area contributed by atoms with Crippen molar-refractivity contribution in [1.82, 2.24) is 10.6 Å². The van der Waals surface area contributed by atoms with Gasteiger partial charge in [0.2, 0.25) is 5.91 Å². The second-order valence-corrected chi connectivity index (χ2v) is 4.74. The van der Waals surface area contributed by atoms with E-state index in [9.17, 15) is 9.59 Å². The number of hydrogen-bond acceptors (Lipinski definition) is 4. The second-order valence-electron chi connectivity index (χ2n) is 4.74. The third kappa shape index (κ3) is 3.43. The van der Waals surface area contributed by atoms with Crippen molar-refractivity contribution in [3.63, 3.8) is 0 Å². The van der Waals surface area contributed by atoms with Crippen molar-refractivity contribution < 1.29 is 19.8 Å². The van der Waals surface area contributed by atoms with Gasteiger partial charge in [0.1, 0.15) is 6.04 Å². The number of rotatable bonds is 7. The number of aliphatic hydroxyl groups is 1. The van der Waals surface area contributed by atoms with Crippen LogP contribution in [0.25, 0.3) is 0 Å². The van der Waals surface area contributed by atoms with Gasteiger partial charge >= 0.3 is 5.97 Å². The van der Waals surface area contributed by atoms with Crippen LogP contribution < -0.4 is 10.6 Å². The minimum Gasteiger partial charge on any atom is -0.480 e. The normalized spacial score (nSPS) is 24.8. The number of aliphatic carboxylic acids is 1. The number of amides is 1. The molecule has 6 heteroatoms. The number of carboxylic acids is 1. The molecule has 6 nitrogen and oxygen atoms in total. The predicted molar refractivity (Wildman–Crippen MR) is 66.1 cm³/mol. The van der Waals surface area contributed by atoms with E-state index < -0.39 is 17.6 Å². The van der Waals surface area contributed by atoms with Gasteiger partial charge in [-0.1, -0.05) is 13.3 Å². The fraction of sp³-hybridized carbons (Fsp3) is 0.833. The molecule has 1 aliphatic heterocycles. The molecule has 2 atom stereocenters. The molecule has 1 amide bonds. The zero-order valence-electron chi connectivity index (χ0n) is 10.7. The maximum atomic E-state index is 12.2. The molecule has 2 unspecified atom stereocenters. The maximum Gasteiger partial charge on any atom is 0.326 e. The van der Waals surface area contributed by atoms with Crippen LogP contribution in [0.3, 0.4) is 0 Å². The van der Waals surface area contributed by atoms with E-state index >= 15 is 0 Å². The second kappa shape index (κ2) is 6.70. The smallest absolute Gasteiger partial charge is 0.326 e. The first-order valence-electron chi connectivity index (χ1n) is 6.45. The van der Waals surface area contributed by atoms with Crippen LogP contribution in [0.2, 0.25) is 0 Å². The van der Waals surface area contributed by atoms with Crippen LogP contribution in [0.5, 0.6) is 0 Å². The van der Waals surface area contributed by atoms with Gasteiger partial charge in [-0.3, -0.25) is 4.79 Å². The van der Waals surface area contributed by atoms with Crippen molar-refractivity contribution in [2.45, 2.75) is 50.6 Å². The Morgan fingerprint density at radius 1 is 1.50 bits per heavy atom. The Morgan fingerprint density at radius 3 is 2.67 bits per heavy atom. The monoisotopic (exact) mass is 258 g/mol. The Bertz CT molecular complexity index is 300. The molecule has 0 aromatic rings. The van der Waals surface area contributed by atoms with E-state index in [1.807, 2.05) is 6.92 Å². The van der Waals surface area contributed by atoms with E-state index in [-0.39, 0.29) is 18.9 Å². The highest BCUT2D eigenvalue weighted by atomic mass is 16.4. The average Bonchev–Trinajstić information content (AvgIpc) is 2.78. The van der Waals surface area contributed by atoms with Crippen LogP contribution in [-0.4, -0.2) is 46.8 Å². The first kappa shape index (κ1) is 14.9. The summed E-state index contributed by atoms with van der Waals surface area (Å²) in [7, 11) is 0. The summed E-state index contributed by atoms with van der Waals surface area (Å²) >= 11 is 0. The van der Waals surface area contributed by atoms with E-state index in [0.29, 0.717) is 6.42 Å². The van der Waals surface area contributed by atoms with Gasteiger partial charge in [0, 0.05) is 13.0 Å². The first-order valence-corrected chi connectivity index (χ1v) is 6.45. The first-order chi connectivity index (χ1) is 8.55. The summed E-state index contributed by atoms with van der Waals surface area (Å²) in [5.74, 6) is -1.37. The van der Waals surface area contributed by atoms with Gasteiger partial charge < -0.3 is 20.8 Å². The number of carbonyl (C=O) groups is 2. The molecule has 1 aliphatic rings. The van der Waals surface area contributed by atoms with Crippen molar-refractivity contribution in [3.8, 4) is 0 Å². The van der Waals surface area contributed by atoms with Crippen molar-refractivity contribution in [2.24, 2.45) is 0 Å². The minimum atomic E-state index is -1.11. The number of hydrogen-bond donors (Lipinski definition) is 4. The maximum absolute atomic E-state index is 12.2. The van der Waals surface area contributed by atoms with E-state index in [0.717, 1.165) is 25.8 Å². The highest BCUT2D eigenvalue weighted by Gasteiger charge is 2.41. The van der Waals surface area contributed by atoms with Gasteiger partial charge in [-0.25, -0.2) is 4.79 Å². The fourth-order valence-corrected chi connectivity index (χ4v) is 2.44. The van der Waals surface area contributed by atoms with Crippen LogP contribution in [0, 0.1) is 0 Å². The van der Waals surface area contributed by atoms with E-state index in [1.165, 1.54) is 0 Å². The van der Waals surface area contributed by atoms with Gasteiger partial charge in [0.25, 0.3) is 0 Å². The molecular formula is C12H22N2O4. The predicted octanol–water partition coefficient (Wildman–Crippen LogP) is -0.139. The lowest BCUT2D eigenvalue weighted by atomic mass is 9.90. The summed E-state index contributed by atoms with van der Waals surface area (Å²) in [6.07, 6.45) is 3.25. The zero-order chi connectivity index (χ0) is 13.6. The molecule has 0 spiro atoms. The average molecular weight is 258 g/mol. The summed E-state index contributed by atoms with van der Waals surface area (Å²) in [4.78, 5) is 23.2. The van der Waals surface area contributed by atoms with Crippen molar-refractivity contribution in [3.05, 3.63) is 0 Å². The summed E-state index contributed by atoms with van der Waals surface area (Å²) < 4.78 is 0. The lowest BCUT2D eigenvalue weighted by molar-refractivity contribution is -0.143. The van der Waals surface area contributed by atoms with Gasteiger partial charge in [0.15, 0.2) is 0 Å². The molecule has 1 heterocycles. The number of aliphatic hydroxyl groups excluding tert-OH is 1. The third-order valence-electron chi connectivity index (χ3n) is 3.38. The van der Waals surface area contributed by atoms with Crippen LogP contribution in [0.15, 0.2) is 0 Å². The van der Waals surface area contributed by atoms with Crippen LogP contribution >= 0.6 is 0 Å². The van der Waals surface area contributed by atoms with Gasteiger partial charge in [-0.2, -0.15) is 0 Å². The van der Waals surface area contributed by atoms with Gasteiger partial charge in [0.05, 0.1) is 5.54 Å². The Hall–Kier alpha value is -1.14. The Morgan fingerprint density at radius 2 is 2.22 bits per heavy atom. The Labute approximate surface area is 107 Å².